The van der Waals surface area contributed by atoms with E-state index in [-0.39, 0.29) is 11.4 Å². The molecule has 0 amide bonds. The zero-order valence-electron chi connectivity index (χ0n) is 8.17. The van der Waals surface area contributed by atoms with Crippen LogP contribution < -0.4 is 10.6 Å². The van der Waals surface area contributed by atoms with Crippen LogP contribution in [0.1, 0.15) is 0 Å². The van der Waals surface area contributed by atoms with Crippen LogP contribution in [-0.2, 0) is 4.74 Å². The van der Waals surface area contributed by atoms with Crippen LogP contribution in [0.2, 0.25) is 0 Å². The number of hydrogen-bond acceptors (Lipinski definition) is 3. The van der Waals surface area contributed by atoms with Crippen LogP contribution in [0.5, 0.6) is 0 Å². The average Bonchev–Trinajstić information content (AvgIpc) is 2.24. The molecule has 1 aliphatic heterocycles. The number of anilines is 2. The summed E-state index contributed by atoms with van der Waals surface area (Å²) >= 11 is 0. The van der Waals surface area contributed by atoms with Crippen molar-refractivity contribution in [3.05, 3.63) is 23.8 Å². The van der Waals surface area contributed by atoms with Crippen molar-refractivity contribution < 1.29 is 13.5 Å². The highest BCUT2D eigenvalue weighted by atomic mass is 19.2. The van der Waals surface area contributed by atoms with Gasteiger partial charge in [-0.1, -0.05) is 0 Å². The molecule has 1 aromatic carbocycles. The molecule has 0 aromatic heterocycles. The third-order valence-corrected chi connectivity index (χ3v) is 2.38. The molecule has 0 radical (unpaired) electrons. The SMILES string of the molecule is Nc1cc(F)c(F)c(N2CCOCC2)c1. The number of ether oxygens (including phenoxy) is 1. The molecule has 1 saturated heterocycles. The first-order chi connectivity index (χ1) is 7.18. The molecule has 0 aliphatic carbocycles. The molecule has 1 heterocycles. The zero-order valence-corrected chi connectivity index (χ0v) is 8.17. The molecule has 2 N–H and O–H groups in total. The molecule has 5 heteroatoms. The van der Waals surface area contributed by atoms with E-state index in [1.165, 1.54) is 6.07 Å². The van der Waals surface area contributed by atoms with E-state index in [0.29, 0.717) is 26.3 Å². The molecule has 3 nitrogen and oxygen atoms in total. The highest BCUT2D eigenvalue weighted by Crippen LogP contribution is 2.25. The number of benzene rings is 1. The van der Waals surface area contributed by atoms with Gasteiger partial charge >= 0.3 is 0 Å². The molecular weight excluding hydrogens is 202 g/mol. The minimum Gasteiger partial charge on any atom is -0.399 e. The Morgan fingerprint density at radius 2 is 1.87 bits per heavy atom. The minimum atomic E-state index is -0.906. The summed E-state index contributed by atoms with van der Waals surface area (Å²) in [5, 5.41) is 0. The number of nitrogens with two attached hydrogens (primary N) is 1. The molecule has 82 valence electrons. The van der Waals surface area contributed by atoms with Crippen molar-refractivity contribution in [1.29, 1.82) is 0 Å². The molecular formula is C10H12F2N2O. The van der Waals surface area contributed by atoms with Crippen LogP contribution in [0.25, 0.3) is 0 Å². The topological polar surface area (TPSA) is 38.5 Å². The summed E-state index contributed by atoms with van der Waals surface area (Å²) in [7, 11) is 0. The third kappa shape index (κ3) is 2.02. The van der Waals surface area contributed by atoms with Gasteiger partial charge in [-0.2, -0.15) is 0 Å². The summed E-state index contributed by atoms with van der Waals surface area (Å²) in [5.41, 5.74) is 5.92. The summed E-state index contributed by atoms with van der Waals surface area (Å²) in [6.07, 6.45) is 0. The lowest BCUT2D eigenvalue weighted by Crippen LogP contribution is -2.36. The van der Waals surface area contributed by atoms with Gasteiger partial charge in [0, 0.05) is 18.8 Å². The van der Waals surface area contributed by atoms with Crippen LogP contribution in [0, 0.1) is 11.6 Å². The lowest BCUT2D eigenvalue weighted by Gasteiger charge is -2.29. The second kappa shape index (κ2) is 4.02. The Labute approximate surface area is 86.4 Å². The zero-order chi connectivity index (χ0) is 10.8. The van der Waals surface area contributed by atoms with E-state index >= 15 is 0 Å². The van der Waals surface area contributed by atoms with Gasteiger partial charge < -0.3 is 15.4 Å². The first kappa shape index (κ1) is 10.2. The van der Waals surface area contributed by atoms with Crippen molar-refractivity contribution in [2.45, 2.75) is 0 Å². The van der Waals surface area contributed by atoms with Gasteiger partial charge in [-0.05, 0) is 12.1 Å². The van der Waals surface area contributed by atoms with Gasteiger partial charge in [0.2, 0.25) is 0 Å². The number of nitrogens with zero attached hydrogens (tertiary/aromatic N) is 1. The monoisotopic (exact) mass is 214 g/mol. The maximum atomic E-state index is 13.5. The second-order valence-electron chi connectivity index (χ2n) is 3.44. The van der Waals surface area contributed by atoms with Gasteiger partial charge in [0.05, 0.1) is 18.9 Å². The Morgan fingerprint density at radius 1 is 1.20 bits per heavy atom. The number of halogens is 2. The molecule has 2 rings (SSSR count). The molecule has 0 saturated carbocycles. The third-order valence-electron chi connectivity index (χ3n) is 2.38. The van der Waals surface area contributed by atoms with E-state index < -0.39 is 11.6 Å². The lowest BCUT2D eigenvalue weighted by atomic mass is 10.2. The summed E-state index contributed by atoms with van der Waals surface area (Å²) in [6.45, 7) is 2.16. The standard InChI is InChI=1S/C10H12F2N2O/c11-8-5-7(13)6-9(10(8)12)14-1-3-15-4-2-14/h5-6H,1-4,13H2. The maximum absolute atomic E-state index is 13.5. The molecule has 0 unspecified atom stereocenters. The molecule has 0 bridgehead atoms. The second-order valence-corrected chi connectivity index (χ2v) is 3.44. The van der Waals surface area contributed by atoms with Gasteiger partial charge in [-0.3, -0.25) is 0 Å². The molecule has 15 heavy (non-hydrogen) atoms. The molecule has 1 fully saturated rings. The summed E-state index contributed by atoms with van der Waals surface area (Å²) < 4.78 is 31.7. The molecule has 0 spiro atoms. The fourth-order valence-corrected chi connectivity index (χ4v) is 1.63. The van der Waals surface area contributed by atoms with Crippen molar-refractivity contribution in [3.8, 4) is 0 Å². The van der Waals surface area contributed by atoms with Crippen molar-refractivity contribution in [2.24, 2.45) is 0 Å². The summed E-state index contributed by atoms with van der Waals surface area (Å²) in [4.78, 5) is 1.73. The predicted octanol–water partition coefficient (Wildman–Crippen LogP) is 1.38. The minimum absolute atomic E-state index is 0.218. The van der Waals surface area contributed by atoms with Gasteiger partial charge in [0.25, 0.3) is 0 Å². The van der Waals surface area contributed by atoms with Crippen LogP contribution >= 0.6 is 0 Å². The fraction of sp³-hybridized carbons (Fsp3) is 0.400. The Kier molecular flexibility index (Phi) is 2.73. The Morgan fingerprint density at radius 3 is 2.53 bits per heavy atom. The first-order valence-electron chi connectivity index (χ1n) is 4.75. The number of rotatable bonds is 1. The Bertz CT molecular complexity index is 365. The average molecular weight is 214 g/mol. The van der Waals surface area contributed by atoms with Crippen LogP contribution in [0.4, 0.5) is 20.2 Å². The maximum Gasteiger partial charge on any atom is 0.182 e. The fourth-order valence-electron chi connectivity index (χ4n) is 1.63. The van der Waals surface area contributed by atoms with E-state index in [1.807, 2.05) is 0 Å². The van der Waals surface area contributed by atoms with E-state index in [1.54, 1.807) is 4.90 Å². The number of nitrogen functional groups attached to an aromatic ring is 1. The quantitative estimate of drug-likeness (QED) is 0.718. The molecule has 0 atom stereocenters. The van der Waals surface area contributed by atoms with E-state index in [9.17, 15) is 8.78 Å². The van der Waals surface area contributed by atoms with Gasteiger partial charge in [0.15, 0.2) is 11.6 Å². The van der Waals surface area contributed by atoms with Crippen LogP contribution in [-0.4, -0.2) is 26.3 Å². The summed E-state index contributed by atoms with van der Waals surface area (Å²) in [5.74, 6) is -1.75. The van der Waals surface area contributed by atoms with Gasteiger partial charge in [-0.15, -0.1) is 0 Å². The Balaban J connectivity index is 2.33. The van der Waals surface area contributed by atoms with E-state index in [4.69, 9.17) is 10.5 Å². The van der Waals surface area contributed by atoms with Crippen molar-refractivity contribution >= 4 is 11.4 Å². The normalized spacial score (nSPS) is 16.8. The lowest BCUT2D eigenvalue weighted by molar-refractivity contribution is 0.122. The molecule has 1 aliphatic rings. The Hall–Kier alpha value is -1.36. The summed E-state index contributed by atoms with van der Waals surface area (Å²) in [6, 6.07) is 2.43. The largest absolute Gasteiger partial charge is 0.399 e. The van der Waals surface area contributed by atoms with Crippen LogP contribution in [0.3, 0.4) is 0 Å². The molecule has 1 aromatic rings. The van der Waals surface area contributed by atoms with E-state index in [2.05, 4.69) is 0 Å². The van der Waals surface area contributed by atoms with Gasteiger partial charge in [0.1, 0.15) is 0 Å². The van der Waals surface area contributed by atoms with Crippen LogP contribution in [0.15, 0.2) is 12.1 Å². The number of hydrogen-bond donors (Lipinski definition) is 1. The smallest absolute Gasteiger partial charge is 0.182 e. The number of morpholine rings is 1. The highest BCUT2D eigenvalue weighted by Gasteiger charge is 2.18. The highest BCUT2D eigenvalue weighted by molar-refractivity contribution is 5.57. The van der Waals surface area contributed by atoms with Crippen molar-refractivity contribution in [2.75, 3.05) is 36.9 Å². The van der Waals surface area contributed by atoms with Crippen molar-refractivity contribution in [1.82, 2.24) is 0 Å². The van der Waals surface area contributed by atoms with Gasteiger partial charge in [-0.25, -0.2) is 8.78 Å². The predicted molar refractivity (Wildman–Crippen MR) is 53.8 cm³/mol. The van der Waals surface area contributed by atoms with Crippen molar-refractivity contribution in [3.63, 3.8) is 0 Å². The first-order valence-corrected chi connectivity index (χ1v) is 4.75. The van der Waals surface area contributed by atoms with E-state index in [0.717, 1.165) is 6.07 Å².